The van der Waals surface area contributed by atoms with E-state index in [4.69, 9.17) is 5.73 Å². The van der Waals surface area contributed by atoms with Gasteiger partial charge in [0.15, 0.2) is 5.16 Å². The molecule has 0 unspecified atom stereocenters. The van der Waals surface area contributed by atoms with E-state index in [1.807, 2.05) is 18.7 Å². The highest BCUT2D eigenvalue weighted by Gasteiger charge is 2.21. The third-order valence-electron chi connectivity index (χ3n) is 2.58. The molecule has 78 valence electrons. The SMILES string of the molecule is Cc1nnc(SC2CCC2)n1CCN. The van der Waals surface area contributed by atoms with Crippen LogP contribution >= 0.6 is 11.8 Å². The van der Waals surface area contributed by atoms with E-state index in [1.165, 1.54) is 19.3 Å². The van der Waals surface area contributed by atoms with E-state index in [9.17, 15) is 0 Å². The fourth-order valence-electron chi connectivity index (χ4n) is 1.47. The molecule has 2 rings (SSSR count). The van der Waals surface area contributed by atoms with Crippen LogP contribution in [0.3, 0.4) is 0 Å². The number of hydrogen-bond acceptors (Lipinski definition) is 4. The Hall–Kier alpha value is -0.550. The summed E-state index contributed by atoms with van der Waals surface area (Å²) in [6.07, 6.45) is 4.00. The maximum Gasteiger partial charge on any atom is 0.191 e. The Morgan fingerprint density at radius 3 is 2.86 bits per heavy atom. The summed E-state index contributed by atoms with van der Waals surface area (Å²) in [5.74, 6) is 0.970. The van der Waals surface area contributed by atoms with E-state index in [-0.39, 0.29) is 0 Å². The zero-order chi connectivity index (χ0) is 9.97. The standard InChI is InChI=1S/C9H16N4S/c1-7-11-12-9(13(7)6-5-10)14-8-3-2-4-8/h8H,2-6,10H2,1H3. The lowest BCUT2D eigenvalue weighted by atomic mass is 10.0. The monoisotopic (exact) mass is 212 g/mol. The van der Waals surface area contributed by atoms with Crippen LogP contribution in [0, 0.1) is 6.92 Å². The Labute approximate surface area is 88.3 Å². The molecule has 1 aliphatic carbocycles. The van der Waals surface area contributed by atoms with Crippen molar-refractivity contribution in [2.45, 2.75) is 43.1 Å². The molecule has 1 aromatic rings. The minimum absolute atomic E-state index is 0.650. The van der Waals surface area contributed by atoms with Gasteiger partial charge < -0.3 is 10.3 Å². The fraction of sp³-hybridized carbons (Fsp3) is 0.778. The first-order chi connectivity index (χ1) is 6.81. The molecule has 1 fully saturated rings. The van der Waals surface area contributed by atoms with Gasteiger partial charge in [0.2, 0.25) is 0 Å². The van der Waals surface area contributed by atoms with Crippen LogP contribution in [-0.2, 0) is 6.54 Å². The molecule has 0 amide bonds. The van der Waals surface area contributed by atoms with E-state index < -0.39 is 0 Å². The lowest BCUT2D eigenvalue weighted by Crippen LogP contribution is -2.16. The molecule has 1 saturated carbocycles. The van der Waals surface area contributed by atoms with Crippen molar-refractivity contribution in [2.75, 3.05) is 6.54 Å². The topological polar surface area (TPSA) is 56.7 Å². The zero-order valence-corrected chi connectivity index (χ0v) is 9.26. The van der Waals surface area contributed by atoms with Crippen LogP contribution in [0.2, 0.25) is 0 Å². The molecule has 0 aromatic carbocycles. The molecule has 0 saturated heterocycles. The number of nitrogens with two attached hydrogens (primary N) is 1. The summed E-state index contributed by atoms with van der Waals surface area (Å²) in [5.41, 5.74) is 5.55. The molecule has 5 heteroatoms. The highest BCUT2D eigenvalue weighted by Crippen LogP contribution is 2.35. The van der Waals surface area contributed by atoms with Crippen LogP contribution in [0.25, 0.3) is 0 Å². The number of thioether (sulfide) groups is 1. The van der Waals surface area contributed by atoms with Crippen molar-refractivity contribution in [3.05, 3.63) is 5.82 Å². The van der Waals surface area contributed by atoms with Crippen LogP contribution in [0.1, 0.15) is 25.1 Å². The van der Waals surface area contributed by atoms with Crippen molar-refractivity contribution < 1.29 is 0 Å². The quantitative estimate of drug-likeness (QED) is 0.814. The lowest BCUT2D eigenvalue weighted by Gasteiger charge is -2.23. The first-order valence-electron chi connectivity index (χ1n) is 5.08. The first-order valence-corrected chi connectivity index (χ1v) is 5.95. The Bertz CT molecular complexity index is 306. The third-order valence-corrected chi connectivity index (χ3v) is 3.90. The van der Waals surface area contributed by atoms with E-state index in [0.717, 1.165) is 22.8 Å². The van der Waals surface area contributed by atoms with Crippen LogP contribution < -0.4 is 5.73 Å². The van der Waals surface area contributed by atoms with Gasteiger partial charge in [0.1, 0.15) is 5.82 Å². The van der Waals surface area contributed by atoms with Crippen LogP contribution in [0.15, 0.2) is 5.16 Å². The summed E-state index contributed by atoms with van der Waals surface area (Å²) < 4.78 is 2.11. The lowest BCUT2D eigenvalue weighted by molar-refractivity contribution is 0.518. The molecule has 0 radical (unpaired) electrons. The van der Waals surface area contributed by atoms with Gasteiger partial charge in [-0.05, 0) is 19.8 Å². The largest absolute Gasteiger partial charge is 0.329 e. The highest BCUT2D eigenvalue weighted by molar-refractivity contribution is 7.99. The Kier molecular flexibility index (Phi) is 3.08. The molecule has 1 aliphatic rings. The van der Waals surface area contributed by atoms with Crippen molar-refractivity contribution in [3.8, 4) is 0 Å². The minimum atomic E-state index is 0.650. The number of aromatic nitrogens is 3. The van der Waals surface area contributed by atoms with Crippen molar-refractivity contribution in [1.29, 1.82) is 0 Å². The van der Waals surface area contributed by atoms with E-state index >= 15 is 0 Å². The van der Waals surface area contributed by atoms with Gasteiger partial charge in [-0.2, -0.15) is 0 Å². The Balaban J connectivity index is 2.06. The average molecular weight is 212 g/mol. The van der Waals surface area contributed by atoms with Gasteiger partial charge in [0, 0.05) is 18.3 Å². The molecule has 0 aliphatic heterocycles. The van der Waals surface area contributed by atoms with Crippen LogP contribution in [0.5, 0.6) is 0 Å². The van der Waals surface area contributed by atoms with Gasteiger partial charge in [0.25, 0.3) is 0 Å². The van der Waals surface area contributed by atoms with Gasteiger partial charge in [-0.15, -0.1) is 10.2 Å². The maximum atomic E-state index is 5.55. The van der Waals surface area contributed by atoms with Crippen LogP contribution in [0.4, 0.5) is 0 Å². The van der Waals surface area contributed by atoms with Crippen molar-refractivity contribution >= 4 is 11.8 Å². The molecule has 14 heavy (non-hydrogen) atoms. The second-order valence-electron chi connectivity index (χ2n) is 3.64. The van der Waals surface area contributed by atoms with E-state index in [1.54, 1.807) is 0 Å². The van der Waals surface area contributed by atoms with Crippen molar-refractivity contribution in [2.24, 2.45) is 5.73 Å². The van der Waals surface area contributed by atoms with Gasteiger partial charge in [-0.3, -0.25) is 0 Å². The maximum absolute atomic E-state index is 5.55. The van der Waals surface area contributed by atoms with E-state index in [2.05, 4.69) is 14.8 Å². The average Bonchev–Trinajstić information content (AvgIpc) is 2.43. The van der Waals surface area contributed by atoms with Gasteiger partial charge >= 0.3 is 0 Å². The third kappa shape index (κ3) is 1.93. The molecular formula is C9H16N4S. The Morgan fingerprint density at radius 1 is 1.50 bits per heavy atom. The molecule has 0 spiro atoms. The fourth-order valence-corrected chi connectivity index (χ4v) is 2.78. The first kappa shape index (κ1) is 9.98. The summed E-state index contributed by atoms with van der Waals surface area (Å²) in [6, 6.07) is 0. The molecule has 0 bridgehead atoms. The molecule has 0 atom stereocenters. The number of aryl methyl sites for hydroxylation is 1. The van der Waals surface area contributed by atoms with Crippen LogP contribution in [-0.4, -0.2) is 26.6 Å². The summed E-state index contributed by atoms with van der Waals surface area (Å²) in [4.78, 5) is 0. The molecule has 4 nitrogen and oxygen atoms in total. The van der Waals surface area contributed by atoms with Gasteiger partial charge in [-0.25, -0.2) is 0 Å². The second kappa shape index (κ2) is 4.31. The number of hydrogen-bond donors (Lipinski definition) is 1. The normalized spacial score (nSPS) is 17.0. The molecule has 2 N–H and O–H groups in total. The predicted octanol–water partition coefficient (Wildman–Crippen LogP) is 1.19. The summed E-state index contributed by atoms with van der Waals surface area (Å²) in [6.45, 7) is 3.46. The van der Waals surface area contributed by atoms with Crippen molar-refractivity contribution in [3.63, 3.8) is 0 Å². The summed E-state index contributed by atoms with van der Waals surface area (Å²) in [5, 5.41) is 10.1. The highest BCUT2D eigenvalue weighted by atomic mass is 32.2. The van der Waals surface area contributed by atoms with E-state index in [0.29, 0.717) is 6.54 Å². The summed E-state index contributed by atoms with van der Waals surface area (Å²) >= 11 is 1.85. The number of rotatable bonds is 4. The Morgan fingerprint density at radius 2 is 2.29 bits per heavy atom. The van der Waals surface area contributed by atoms with Gasteiger partial charge in [0.05, 0.1) is 0 Å². The molecular weight excluding hydrogens is 196 g/mol. The zero-order valence-electron chi connectivity index (χ0n) is 8.44. The minimum Gasteiger partial charge on any atom is -0.329 e. The second-order valence-corrected chi connectivity index (χ2v) is 4.91. The molecule has 1 heterocycles. The van der Waals surface area contributed by atoms with Gasteiger partial charge in [-0.1, -0.05) is 18.2 Å². The number of nitrogens with zero attached hydrogens (tertiary/aromatic N) is 3. The smallest absolute Gasteiger partial charge is 0.191 e. The predicted molar refractivity (Wildman–Crippen MR) is 57.3 cm³/mol. The summed E-state index contributed by atoms with van der Waals surface area (Å²) in [7, 11) is 0. The molecule has 1 aromatic heterocycles. The van der Waals surface area contributed by atoms with Crippen molar-refractivity contribution in [1.82, 2.24) is 14.8 Å².